The molecule has 0 bridgehead atoms. The molecule has 1 amide bonds. The maximum atomic E-state index is 11.9. The highest BCUT2D eigenvalue weighted by atomic mass is 35.5. The second kappa shape index (κ2) is 7.86. The van der Waals surface area contributed by atoms with Crippen molar-refractivity contribution in [3.63, 3.8) is 0 Å². The van der Waals surface area contributed by atoms with Crippen LogP contribution in [0, 0.1) is 0 Å². The molecule has 1 heterocycles. The maximum absolute atomic E-state index is 11.9. The lowest BCUT2D eigenvalue weighted by Crippen LogP contribution is -2.54. The highest BCUT2D eigenvalue weighted by molar-refractivity contribution is 5.85. The van der Waals surface area contributed by atoms with Crippen LogP contribution in [0.5, 0.6) is 0 Å². The van der Waals surface area contributed by atoms with Crippen molar-refractivity contribution in [1.29, 1.82) is 0 Å². The zero-order valence-electron chi connectivity index (χ0n) is 11.6. The zero-order chi connectivity index (χ0) is 14.5. The van der Waals surface area contributed by atoms with Crippen molar-refractivity contribution < 1.29 is 4.79 Å². The van der Waals surface area contributed by atoms with Gasteiger partial charge in [0.25, 0.3) is 5.56 Å². The monoisotopic (exact) mass is 304 g/mol. The van der Waals surface area contributed by atoms with Gasteiger partial charge in [0.15, 0.2) is 0 Å². The van der Waals surface area contributed by atoms with Gasteiger partial charge in [-0.05, 0) is 12.8 Å². The van der Waals surface area contributed by atoms with Crippen LogP contribution < -0.4 is 22.3 Å². The first-order valence-electron chi connectivity index (χ1n) is 6.27. The lowest BCUT2D eigenvalue weighted by molar-refractivity contribution is -0.123. The van der Waals surface area contributed by atoms with E-state index in [9.17, 15) is 14.4 Å². The molecule has 0 saturated heterocycles. The number of amides is 1. The first-order valence-corrected chi connectivity index (χ1v) is 6.27. The summed E-state index contributed by atoms with van der Waals surface area (Å²) in [7, 11) is 0. The fourth-order valence-electron chi connectivity index (χ4n) is 1.83. The fourth-order valence-corrected chi connectivity index (χ4v) is 1.83. The highest BCUT2D eigenvalue weighted by Crippen LogP contribution is 2.12. The van der Waals surface area contributed by atoms with E-state index in [1.807, 2.05) is 13.8 Å². The molecule has 0 aliphatic carbocycles. The molecular weight excluding hydrogens is 284 g/mol. The smallest absolute Gasteiger partial charge is 0.328 e. The molecule has 0 saturated carbocycles. The first-order chi connectivity index (χ1) is 8.96. The number of H-pyrrole nitrogens is 1. The van der Waals surface area contributed by atoms with Crippen LogP contribution in [0.25, 0.3) is 0 Å². The molecule has 8 heteroatoms. The number of nitrogens with two attached hydrogens (primary N) is 1. The summed E-state index contributed by atoms with van der Waals surface area (Å²) in [4.78, 5) is 36.4. The van der Waals surface area contributed by atoms with Gasteiger partial charge in [0.1, 0.15) is 6.54 Å². The van der Waals surface area contributed by atoms with Crippen molar-refractivity contribution in [2.24, 2.45) is 5.73 Å². The van der Waals surface area contributed by atoms with Crippen molar-refractivity contribution >= 4 is 18.3 Å². The summed E-state index contributed by atoms with van der Waals surface area (Å²) in [6.45, 7) is 4.09. The number of nitrogens with one attached hydrogen (secondary N) is 2. The Morgan fingerprint density at radius 2 is 2.00 bits per heavy atom. The number of carbonyl (C=O) groups excluding carboxylic acids is 1. The minimum atomic E-state index is -0.603. The zero-order valence-corrected chi connectivity index (χ0v) is 12.5. The number of nitrogens with zero attached hydrogens (tertiary/aromatic N) is 1. The molecule has 0 fully saturated rings. The maximum Gasteiger partial charge on any atom is 0.328 e. The highest BCUT2D eigenvalue weighted by Gasteiger charge is 2.26. The van der Waals surface area contributed by atoms with Crippen LogP contribution in [-0.4, -0.2) is 27.5 Å². The molecule has 0 spiro atoms. The average molecular weight is 305 g/mol. The lowest BCUT2D eigenvalue weighted by Gasteiger charge is -2.31. The number of rotatable bonds is 6. The number of aromatic amines is 1. The molecule has 0 aromatic carbocycles. The van der Waals surface area contributed by atoms with E-state index in [-0.39, 0.29) is 24.9 Å². The topological polar surface area (TPSA) is 110 Å². The normalized spacial score (nSPS) is 10.8. The molecule has 1 aromatic heterocycles. The van der Waals surface area contributed by atoms with Gasteiger partial charge in [-0.2, -0.15) is 0 Å². The van der Waals surface area contributed by atoms with Crippen molar-refractivity contribution in [2.45, 2.75) is 38.8 Å². The molecule has 114 valence electrons. The van der Waals surface area contributed by atoms with Crippen molar-refractivity contribution in [1.82, 2.24) is 14.9 Å². The Morgan fingerprint density at radius 3 is 2.45 bits per heavy atom. The fraction of sp³-hybridized carbons (Fsp3) is 0.583. The molecule has 1 aromatic rings. The summed E-state index contributed by atoms with van der Waals surface area (Å²) < 4.78 is 1.14. The summed E-state index contributed by atoms with van der Waals surface area (Å²) in [5.74, 6) is -0.303. The number of halogens is 1. The Labute approximate surface area is 123 Å². The summed E-state index contributed by atoms with van der Waals surface area (Å²) in [5, 5.41) is 2.85. The standard InChI is InChI=1S/C12H20N4O3.ClH/c1-3-12(4-2,8-13)15-10(18)7-16-6-5-9(17)14-11(16)19;/h5-6H,3-4,7-8,13H2,1-2H3,(H,15,18)(H,14,17,19);1H. The van der Waals surface area contributed by atoms with Crippen LogP contribution in [0.15, 0.2) is 21.9 Å². The third-order valence-electron chi connectivity index (χ3n) is 3.36. The van der Waals surface area contributed by atoms with Crippen LogP contribution in [-0.2, 0) is 11.3 Å². The Balaban J connectivity index is 0.00000361. The molecule has 7 nitrogen and oxygen atoms in total. The Bertz CT molecular complexity index is 540. The van der Waals surface area contributed by atoms with Gasteiger partial charge in [0.05, 0.1) is 5.54 Å². The van der Waals surface area contributed by atoms with Gasteiger partial charge in [0.2, 0.25) is 5.91 Å². The Morgan fingerprint density at radius 1 is 1.40 bits per heavy atom. The number of hydrogen-bond donors (Lipinski definition) is 3. The molecule has 20 heavy (non-hydrogen) atoms. The molecule has 0 atom stereocenters. The molecule has 4 N–H and O–H groups in total. The molecular formula is C12H21ClN4O3. The Hall–Kier alpha value is -1.60. The van der Waals surface area contributed by atoms with E-state index >= 15 is 0 Å². The van der Waals surface area contributed by atoms with Gasteiger partial charge in [-0.25, -0.2) is 4.79 Å². The third kappa shape index (κ3) is 4.50. The van der Waals surface area contributed by atoms with Crippen LogP contribution in [0.2, 0.25) is 0 Å². The van der Waals surface area contributed by atoms with Crippen LogP contribution >= 0.6 is 12.4 Å². The van der Waals surface area contributed by atoms with Crippen LogP contribution in [0.1, 0.15) is 26.7 Å². The van der Waals surface area contributed by atoms with Crippen LogP contribution in [0.4, 0.5) is 0 Å². The predicted octanol–water partition coefficient (Wildman–Crippen LogP) is -0.408. The van der Waals surface area contributed by atoms with E-state index < -0.39 is 16.8 Å². The third-order valence-corrected chi connectivity index (χ3v) is 3.36. The number of carbonyl (C=O) groups is 1. The van der Waals surface area contributed by atoms with Gasteiger partial charge < -0.3 is 11.1 Å². The van der Waals surface area contributed by atoms with E-state index in [1.165, 1.54) is 12.3 Å². The van der Waals surface area contributed by atoms with E-state index in [2.05, 4.69) is 10.3 Å². The summed E-state index contributed by atoms with van der Waals surface area (Å²) >= 11 is 0. The molecule has 0 unspecified atom stereocenters. The second-order valence-electron chi connectivity index (χ2n) is 4.48. The predicted molar refractivity (Wildman–Crippen MR) is 79.1 cm³/mol. The van der Waals surface area contributed by atoms with E-state index in [0.717, 1.165) is 4.57 Å². The minimum Gasteiger partial charge on any atom is -0.348 e. The average Bonchev–Trinajstić information content (AvgIpc) is 2.39. The lowest BCUT2D eigenvalue weighted by atomic mass is 9.93. The van der Waals surface area contributed by atoms with Crippen molar-refractivity contribution in [2.75, 3.05) is 6.54 Å². The van der Waals surface area contributed by atoms with Gasteiger partial charge >= 0.3 is 5.69 Å². The minimum absolute atomic E-state index is 0. The van der Waals surface area contributed by atoms with Gasteiger partial charge in [-0.3, -0.25) is 19.1 Å². The van der Waals surface area contributed by atoms with E-state index in [1.54, 1.807) is 0 Å². The number of aromatic nitrogens is 2. The second-order valence-corrected chi connectivity index (χ2v) is 4.48. The van der Waals surface area contributed by atoms with Crippen molar-refractivity contribution in [3.05, 3.63) is 33.1 Å². The molecule has 0 aliphatic rings. The summed E-state index contributed by atoms with van der Waals surface area (Å²) in [6.07, 6.45) is 2.72. The molecule has 0 aliphatic heterocycles. The van der Waals surface area contributed by atoms with Crippen LogP contribution in [0.3, 0.4) is 0 Å². The Kier molecular flexibility index (Phi) is 7.23. The quantitative estimate of drug-likeness (QED) is 0.663. The van der Waals surface area contributed by atoms with E-state index in [0.29, 0.717) is 19.4 Å². The van der Waals surface area contributed by atoms with Gasteiger partial charge in [0, 0.05) is 18.8 Å². The van der Waals surface area contributed by atoms with Gasteiger partial charge in [-0.15, -0.1) is 12.4 Å². The van der Waals surface area contributed by atoms with Crippen molar-refractivity contribution in [3.8, 4) is 0 Å². The molecule has 0 radical (unpaired) electrons. The SMILES string of the molecule is CCC(CC)(CN)NC(=O)Cn1ccc(=O)[nH]c1=O.Cl. The van der Waals surface area contributed by atoms with Gasteiger partial charge in [-0.1, -0.05) is 13.8 Å². The first kappa shape index (κ1) is 18.4. The van der Waals surface area contributed by atoms with E-state index in [4.69, 9.17) is 5.73 Å². The summed E-state index contributed by atoms with van der Waals surface area (Å²) in [5.41, 5.74) is 4.16. The largest absolute Gasteiger partial charge is 0.348 e. The number of hydrogen-bond acceptors (Lipinski definition) is 4. The molecule has 1 rings (SSSR count). The summed E-state index contributed by atoms with van der Waals surface area (Å²) in [6, 6.07) is 1.20.